The van der Waals surface area contributed by atoms with E-state index in [0.29, 0.717) is 31.6 Å². The van der Waals surface area contributed by atoms with Crippen LogP contribution in [-0.4, -0.2) is 96.7 Å². The van der Waals surface area contributed by atoms with Crippen molar-refractivity contribution in [3.8, 4) is 0 Å². The van der Waals surface area contributed by atoms with Crippen LogP contribution in [0.25, 0.3) is 0 Å². The standard InChI is InChI=1S/C90H176O17P2/c1-7-9-11-13-15-17-19-21-23-25-27-28-30-32-38-42-46-50-56-63-68-74-89(94)106-85(78-100-87(92)72-66-60-54-48-44-40-36-34-33-35-39-43-47-52-58-64-70-82(3)4)80-104-108(96,97)102-76-84(91)77-103-109(98,99)105-81-86(79-101-88(93)73-67-61-57-51-53-59-65-71-83(5)6)107-90(95)75-69-62-55-49-45-41-37-31-29-26-24-22-20-18-16-14-12-10-8-2/h82-86,91H,7-81H2,1-6H3,(H,96,97)(H,98,99)/t84-,85-,86-/m1/s1. The molecule has 0 fully saturated rings. The lowest BCUT2D eigenvalue weighted by Gasteiger charge is -2.21. The van der Waals surface area contributed by atoms with E-state index in [9.17, 15) is 43.2 Å². The van der Waals surface area contributed by atoms with Crippen molar-refractivity contribution in [1.82, 2.24) is 0 Å². The van der Waals surface area contributed by atoms with Crippen molar-refractivity contribution >= 4 is 39.5 Å². The van der Waals surface area contributed by atoms with Crippen molar-refractivity contribution in [3.63, 3.8) is 0 Å². The minimum Gasteiger partial charge on any atom is -0.462 e. The highest BCUT2D eigenvalue weighted by Gasteiger charge is 2.31. The Morgan fingerprint density at radius 2 is 0.422 bits per heavy atom. The molecule has 3 N–H and O–H groups in total. The molecule has 5 atom stereocenters. The van der Waals surface area contributed by atoms with Gasteiger partial charge in [-0.2, -0.15) is 0 Å². The number of ether oxygens (including phenoxy) is 4. The lowest BCUT2D eigenvalue weighted by atomic mass is 10.0. The summed E-state index contributed by atoms with van der Waals surface area (Å²) in [5.41, 5.74) is 0. The van der Waals surface area contributed by atoms with E-state index in [-0.39, 0.29) is 25.7 Å². The first-order valence-corrected chi connectivity index (χ1v) is 49.5. The molecule has 0 saturated carbocycles. The van der Waals surface area contributed by atoms with Crippen LogP contribution < -0.4 is 0 Å². The van der Waals surface area contributed by atoms with E-state index < -0.39 is 97.5 Å². The summed E-state index contributed by atoms with van der Waals surface area (Å²) in [4.78, 5) is 73.3. The first-order chi connectivity index (χ1) is 52.9. The minimum atomic E-state index is -4.97. The SMILES string of the molecule is CCCCCCCCCCCCCCCCCCCCCCCC(=O)O[C@H](COC(=O)CCCCCCCCCCCCCCCCCCC(C)C)COP(=O)(O)OC[C@@H](O)COP(=O)(O)OC[C@@H](COC(=O)CCCCCCCCCC(C)C)OC(=O)CCCCCCCCCCCCCCCCCCCCC. The zero-order valence-electron chi connectivity index (χ0n) is 71.9. The molecule has 2 unspecified atom stereocenters. The zero-order valence-corrected chi connectivity index (χ0v) is 73.7. The molecular weight excluding hydrogens is 1410 g/mol. The van der Waals surface area contributed by atoms with Gasteiger partial charge >= 0.3 is 39.5 Å². The van der Waals surface area contributed by atoms with Gasteiger partial charge in [0.15, 0.2) is 12.2 Å². The average molecular weight is 1590 g/mol. The molecule has 0 rings (SSSR count). The molecule has 0 aromatic heterocycles. The van der Waals surface area contributed by atoms with Crippen LogP contribution in [0.4, 0.5) is 0 Å². The Balaban J connectivity index is 5.22. The molecule has 17 nitrogen and oxygen atoms in total. The number of hydrogen-bond donors (Lipinski definition) is 3. The smallest absolute Gasteiger partial charge is 0.462 e. The first-order valence-electron chi connectivity index (χ1n) is 46.5. The van der Waals surface area contributed by atoms with Gasteiger partial charge < -0.3 is 33.8 Å². The van der Waals surface area contributed by atoms with Gasteiger partial charge in [-0.05, 0) is 37.5 Å². The lowest BCUT2D eigenvalue weighted by molar-refractivity contribution is -0.161. The number of rotatable bonds is 89. The van der Waals surface area contributed by atoms with Crippen LogP contribution >= 0.6 is 15.6 Å². The van der Waals surface area contributed by atoms with Crippen LogP contribution in [-0.2, 0) is 65.4 Å². The molecule has 648 valence electrons. The lowest BCUT2D eigenvalue weighted by Crippen LogP contribution is -2.30. The summed E-state index contributed by atoms with van der Waals surface area (Å²) in [5, 5.41) is 10.7. The molecule has 0 aliphatic carbocycles. The summed E-state index contributed by atoms with van der Waals surface area (Å²) >= 11 is 0. The summed E-state index contributed by atoms with van der Waals surface area (Å²) in [7, 11) is -9.93. The Morgan fingerprint density at radius 1 is 0.248 bits per heavy atom. The fourth-order valence-corrected chi connectivity index (χ4v) is 15.7. The molecule has 109 heavy (non-hydrogen) atoms. The second-order valence-electron chi connectivity index (χ2n) is 33.3. The summed E-state index contributed by atoms with van der Waals surface area (Å²) in [6.07, 6.45) is 75.2. The molecule has 0 aromatic rings. The van der Waals surface area contributed by atoms with Gasteiger partial charge in [0.25, 0.3) is 0 Å². The Morgan fingerprint density at radius 3 is 0.624 bits per heavy atom. The van der Waals surface area contributed by atoms with E-state index in [1.807, 2.05) is 0 Å². The molecule has 0 spiro atoms. The van der Waals surface area contributed by atoms with Crippen LogP contribution in [0.3, 0.4) is 0 Å². The number of esters is 4. The van der Waals surface area contributed by atoms with Crippen LogP contribution in [0, 0.1) is 11.8 Å². The third kappa shape index (κ3) is 83.8. The predicted molar refractivity (Wildman–Crippen MR) is 451 cm³/mol. The van der Waals surface area contributed by atoms with Gasteiger partial charge in [-0.3, -0.25) is 37.3 Å². The van der Waals surface area contributed by atoms with Crippen LogP contribution in [0.2, 0.25) is 0 Å². The van der Waals surface area contributed by atoms with E-state index in [2.05, 4.69) is 41.5 Å². The first kappa shape index (κ1) is 107. The summed E-state index contributed by atoms with van der Waals surface area (Å²) < 4.78 is 69.0. The second kappa shape index (κ2) is 81.2. The number of aliphatic hydroxyl groups excluding tert-OH is 1. The van der Waals surface area contributed by atoms with E-state index in [1.165, 1.54) is 295 Å². The molecule has 0 radical (unpaired) electrons. The highest BCUT2D eigenvalue weighted by molar-refractivity contribution is 7.47. The third-order valence-electron chi connectivity index (χ3n) is 21.2. The zero-order chi connectivity index (χ0) is 79.9. The molecular formula is C90H176O17P2. The minimum absolute atomic E-state index is 0.108. The maximum Gasteiger partial charge on any atom is 0.472 e. The van der Waals surface area contributed by atoms with Gasteiger partial charge in [0.05, 0.1) is 26.4 Å². The van der Waals surface area contributed by atoms with Crippen molar-refractivity contribution < 1.29 is 80.2 Å². The normalized spacial score (nSPS) is 13.8. The number of hydrogen-bond acceptors (Lipinski definition) is 15. The van der Waals surface area contributed by atoms with Crippen molar-refractivity contribution in [2.45, 2.75) is 503 Å². The molecule has 0 amide bonds. The van der Waals surface area contributed by atoms with E-state index in [0.717, 1.165) is 102 Å². The van der Waals surface area contributed by atoms with Gasteiger partial charge in [0.1, 0.15) is 19.3 Å². The van der Waals surface area contributed by atoms with Crippen LogP contribution in [0.15, 0.2) is 0 Å². The Bertz CT molecular complexity index is 2080. The number of phosphoric acid groups is 2. The molecule has 0 heterocycles. The Kier molecular flexibility index (Phi) is 79.8. The summed E-state index contributed by atoms with van der Waals surface area (Å²) in [6.45, 7) is 9.67. The van der Waals surface area contributed by atoms with E-state index >= 15 is 0 Å². The summed E-state index contributed by atoms with van der Waals surface area (Å²) in [6, 6.07) is 0. The molecule has 0 aliphatic rings. The number of aliphatic hydroxyl groups is 1. The Hall–Kier alpha value is -1.94. The number of unbranched alkanes of at least 4 members (excludes halogenated alkanes) is 59. The van der Waals surface area contributed by atoms with E-state index in [4.69, 9.17) is 37.0 Å². The largest absolute Gasteiger partial charge is 0.472 e. The van der Waals surface area contributed by atoms with Crippen molar-refractivity contribution in [2.24, 2.45) is 11.8 Å². The number of carbonyl (C=O) groups is 4. The Labute approximate surface area is 670 Å². The monoisotopic (exact) mass is 1590 g/mol. The number of phosphoric ester groups is 2. The van der Waals surface area contributed by atoms with Crippen molar-refractivity contribution in [2.75, 3.05) is 39.6 Å². The van der Waals surface area contributed by atoms with Crippen molar-refractivity contribution in [3.05, 3.63) is 0 Å². The molecule has 0 aliphatic heterocycles. The average Bonchev–Trinajstić information content (AvgIpc) is 0.899. The quantitative estimate of drug-likeness (QED) is 0.0222. The molecule has 19 heteroatoms. The van der Waals surface area contributed by atoms with Gasteiger partial charge in [-0.15, -0.1) is 0 Å². The molecule has 0 saturated heterocycles. The number of carbonyl (C=O) groups excluding carboxylic acids is 4. The maximum atomic E-state index is 13.2. The fraction of sp³-hybridized carbons (Fsp3) is 0.956. The van der Waals surface area contributed by atoms with Gasteiger partial charge in [0, 0.05) is 25.7 Å². The van der Waals surface area contributed by atoms with E-state index in [1.54, 1.807) is 0 Å². The summed E-state index contributed by atoms with van der Waals surface area (Å²) in [5.74, 6) is -0.581. The van der Waals surface area contributed by atoms with Gasteiger partial charge in [-0.1, -0.05) is 433 Å². The van der Waals surface area contributed by atoms with Gasteiger partial charge in [-0.25, -0.2) is 9.13 Å². The molecule has 0 bridgehead atoms. The maximum absolute atomic E-state index is 13.2. The van der Waals surface area contributed by atoms with Gasteiger partial charge in [0.2, 0.25) is 0 Å². The highest BCUT2D eigenvalue weighted by Crippen LogP contribution is 2.45. The fourth-order valence-electron chi connectivity index (χ4n) is 14.1. The van der Waals surface area contributed by atoms with Crippen molar-refractivity contribution in [1.29, 1.82) is 0 Å². The highest BCUT2D eigenvalue weighted by atomic mass is 31.2. The molecule has 0 aromatic carbocycles. The second-order valence-corrected chi connectivity index (χ2v) is 36.2. The van der Waals surface area contributed by atoms with Crippen LogP contribution in [0.1, 0.15) is 485 Å². The van der Waals surface area contributed by atoms with Crippen LogP contribution in [0.5, 0.6) is 0 Å². The predicted octanol–water partition coefficient (Wildman–Crippen LogP) is 27.8. The third-order valence-corrected chi connectivity index (χ3v) is 23.1. The topological polar surface area (TPSA) is 237 Å².